The Balaban J connectivity index is 0.000000151. The van der Waals surface area contributed by atoms with Gasteiger partial charge < -0.3 is 16.6 Å². The van der Waals surface area contributed by atoms with Gasteiger partial charge in [0.05, 0.1) is 5.41 Å². The molecule has 0 aliphatic heterocycles. The van der Waals surface area contributed by atoms with Crippen LogP contribution in [0.3, 0.4) is 0 Å². The van der Waals surface area contributed by atoms with E-state index in [1.165, 1.54) is 12.8 Å². The summed E-state index contributed by atoms with van der Waals surface area (Å²) < 4.78 is 0. The molecule has 5 heteroatoms. The normalized spacial score (nSPS) is 25.0. The molecule has 0 spiro atoms. The third kappa shape index (κ3) is 5.12. The van der Waals surface area contributed by atoms with E-state index in [0.29, 0.717) is 5.41 Å². The lowest BCUT2D eigenvalue weighted by Crippen LogP contribution is -2.21. The highest BCUT2D eigenvalue weighted by molar-refractivity contribution is 5.82. The van der Waals surface area contributed by atoms with Gasteiger partial charge in [0.15, 0.2) is 0 Å². The largest absolute Gasteiger partial charge is 0.481 e. The number of amides is 1. The second-order valence-corrected chi connectivity index (χ2v) is 7.31. The van der Waals surface area contributed by atoms with Crippen LogP contribution in [0.4, 0.5) is 0 Å². The third-order valence-corrected chi connectivity index (χ3v) is 4.71. The van der Waals surface area contributed by atoms with Gasteiger partial charge in [-0.2, -0.15) is 0 Å². The van der Waals surface area contributed by atoms with Gasteiger partial charge in [0.25, 0.3) is 0 Å². The summed E-state index contributed by atoms with van der Waals surface area (Å²) in [6.07, 6.45) is 6.41. The minimum Gasteiger partial charge on any atom is -0.481 e. The molecule has 1 amide bonds. The summed E-state index contributed by atoms with van der Waals surface area (Å²) in [6, 6.07) is 0. The summed E-state index contributed by atoms with van der Waals surface area (Å²) in [5, 5.41) is 8.31. The molecule has 3 saturated carbocycles. The van der Waals surface area contributed by atoms with Crippen molar-refractivity contribution in [3.63, 3.8) is 0 Å². The molecule has 0 bridgehead atoms. The zero-order chi connectivity index (χ0) is 15.6. The Morgan fingerprint density at radius 1 is 0.950 bits per heavy atom. The Morgan fingerprint density at radius 3 is 1.35 bits per heavy atom. The van der Waals surface area contributed by atoms with Crippen molar-refractivity contribution in [2.75, 3.05) is 6.54 Å². The summed E-state index contributed by atoms with van der Waals surface area (Å²) in [4.78, 5) is 20.4. The fraction of sp³-hybridized carbons (Fsp3) is 0.867. The van der Waals surface area contributed by atoms with Crippen molar-refractivity contribution in [3.05, 3.63) is 0 Å². The van der Waals surface area contributed by atoms with Crippen molar-refractivity contribution >= 4 is 11.9 Å². The Morgan fingerprint density at radius 2 is 1.35 bits per heavy atom. The lowest BCUT2D eigenvalue weighted by atomic mass is 10.1. The molecule has 0 heterocycles. The number of carboxylic acids is 1. The smallest absolute Gasteiger partial charge is 0.309 e. The number of nitrogens with two attached hydrogens (primary N) is 2. The standard InChI is InChI=1S/C5H9NO.C5H11N.C5H8O2/c1-5(2-3-5)4(6)7;1-5(4-6)2-3-5;1-5(2-3-5)4(6)7/h2-3H2,1H3,(H2,6,7);2-4,6H2,1H3;2-3H2,1H3,(H,6,7). The van der Waals surface area contributed by atoms with Gasteiger partial charge in [-0.3, -0.25) is 9.59 Å². The number of hydrogen-bond donors (Lipinski definition) is 3. The van der Waals surface area contributed by atoms with Crippen molar-refractivity contribution in [3.8, 4) is 0 Å². The van der Waals surface area contributed by atoms with Crippen LogP contribution >= 0.6 is 0 Å². The van der Waals surface area contributed by atoms with Gasteiger partial charge in [0, 0.05) is 5.41 Å². The van der Waals surface area contributed by atoms with Crippen LogP contribution in [-0.4, -0.2) is 23.5 Å². The maximum absolute atomic E-state index is 10.3. The molecule has 0 unspecified atom stereocenters. The van der Waals surface area contributed by atoms with Gasteiger partial charge in [0.2, 0.25) is 5.91 Å². The number of rotatable bonds is 3. The Hall–Kier alpha value is -1.10. The van der Waals surface area contributed by atoms with Crippen LogP contribution in [0.15, 0.2) is 0 Å². The van der Waals surface area contributed by atoms with Gasteiger partial charge in [-0.25, -0.2) is 0 Å². The number of primary amides is 1. The first-order valence-electron chi connectivity index (χ1n) is 7.30. The van der Waals surface area contributed by atoms with E-state index < -0.39 is 5.97 Å². The van der Waals surface area contributed by atoms with Gasteiger partial charge >= 0.3 is 5.97 Å². The number of carbonyl (C=O) groups is 2. The van der Waals surface area contributed by atoms with Crippen molar-refractivity contribution in [2.45, 2.75) is 59.3 Å². The molecule has 0 radical (unpaired) electrons. The van der Waals surface area contributed by atoms with E-state index in [2.05, 4.69) is 6.92 Å². The van der Waals surface area contributed by atoms with Crippen molar-refractivity contribution in [1.29, 1.82) is 0 Å². The zero-order valence-corrected chi connectivity index (χ0v) is 12.9. The van der Waals surface area contributed by atoms with Gasteiger partial charge in [-0.05, 0) is 57.4 Å². The van der Waals surface area contributed by atoms with E-state index in [1.807, 2.05) is 6.92 Å². The number of carbonyl (C=O) groups excluding carboxylic acids is 1. The van der Waals surface area contributed by atoms with Crippen LogP contribution in [0, 0.1) is 16.2 Å². The fourth-order valence-corrected chi connectivity index (χ4v) is 1.25. The highest BCUT2D eigenvalue weighted by Crippen LogP contribution is 2.45. The minimum absolute atomic E-state index is 0.111. The number of carboxylic acid groups (broad SMARTS) is 1. The molecule has 3 fully saturated rings. The molecule has 5 N–H and O–H groups in total. The Labute approximate surface area is 121 Å². The van der Waals surface area contributed by atoms with E-state index >= 15 is 0 Å². The maximum atomic E-state index is 10.3. The second kappa shape index (κ2) is 5.72. The quantitative estimate of drug-likeness (QED) is 0.735. The molecule has 0 saturated heterocycles. The molecule has 20 heavy (non-hydrogen) atoms. The Kier molecular flexibility index (Phi) is 4.85. The van der Waals surface area contributed by atoms with Crippen molar-refractivity contribution in [2.24, 2.45) is 27.7 Å². The summed E-state index contributed by atoms with van der Waals surface area (Å²) in [7, 11) is 0. The maximum Gasteiger partial charge on any atom is 0.309 e. The third-order valence-electron chi connectivity index (χ3n) is 4.71. The summed E-state index contributed by atoms with van der Waals surface area (Å²) in [5.74, 6) is -0.792. The average Bonchev–Trinajstić information content (AvgIpc) is 3.22. The molecular formula is C15H28N2O3. The monoisotopic (exact) mass is 284 g/mol. The molecule has 0 aromatic heterocycles. The molecule has 5 nitrogen and oxygen atoms in total. The second-order valence-electron chi connectivity index (χ2n) is 7.31. The first kappa shape index (κ1) is 17.0. The average molecular weight is 284 g/mol. The van der Waals surface area contributed by atoms with Gasteiger partial charge in [-0.15, -0.1) is 0 Å². The molecule has 3 aliphatic carbocycles. The van der Waals surface area contributed by atoms with E-state index in [9.17, 15) is 9.59 Å². The van der Waals surface area contributed by atoms with E-state index in [1.54, 1.807) is 6.92 Å². The first-order chi connectivity index (χ1) is 9.07. The molecule has 0 atom stereocenters. The van der Waals surface area contributed by atoms with Crippen molar-refractivity contribution in [1.82, 2.24) is 0 Å². The first-order valence-corrected chi connectivity index (χ1v) is 7.30. The van der Waals surface area contributed by atoms with E-state index in [4.69, 9.17) is 16.6 Å². The van der Waals surface area contributed by atoms with Crippen LogP contribution < -0.4 is 11.5 Å². The predicted molar refractivity (Wildman–Crippen MR) is 77.9 cm³/mol. The van der Waals surface area contributed by atoms with E-state index in [0.717, 1.165) is 32.2 Å². The van der Waals surface area contributed by atoms with Crippen LogP contribution in [0.1, 0.15) is 59.3 Å². The van der Waals surface area contributed by atoms with Crippen LogP contribution in [0.2, 0.25) is 0 Å². The SMILES string of the molecule is CC1(C(=O)O)CC1.CC1(C(N)=O)CC1.CC1(CN)CC1. The van der Waals surface area contributed by atoms with Gasteiger partial charge in [0.1, 0.15) is 0 Å². The summed E-state index contributed by atoms with van der Waals surface area (Å²) in [6.45, 7) is 6.78. The molecule has 116 valence electrons. The summed E-state index contributed by atoms with van der Waals surface area (Å²) in [5.41, 5.74) is 10.5. The fourth-order valence-electron chi connectivity index (χ4n) is 1.25. The highest BCUT2D eigenvalue weighted by Gasteiger charge is 2.45. The minimum atomic E-state index is -0.646. The number of aliphatic carboxylic acids is 1. The summed E-state index contributed by atoms with van der Waals surface area (Å²) >= 11 is 0. The Bertz CT molecular complexity index is 353. The van der Waals surface area contributed by atoms with Gasteiger partial charge in [-0.1, -0.05) is 13.8 Å². The van der Waals surface area contributed by atoms with Crippen LogP contribution in [0.25, 0.3) is 0 Å². The number of hydrogen-bond acceptors (Lipinski definition) is 3. The lowest BCUT2D eigenvalue weighted by molar-refractivity contribution is -0.142. The molecule has 3 rings (SSSR count). The van der Waals surface area contributed by atoms with Crippen LogP contribution in [0.5, 0.6) is 0 Å². The van der Waals surface area contributed by atoms with Crippen LogP contribution in [-0.2, 0) is 9.59 Å². The highest BCUT2D eigenvalue weighted by atomic mass is 16.4. The molecule has 3 aliphatic rings. The predicted octanol–water partition coefficient (Wildman–Crippen LogP) is 1.89. The zero-order valence-electron chi connectivity index (χ0n) is 12.9. The molecular weight excluding hydrogens is 256 g/mol. The molecule has 0 aromatic carbocycles. The topological polar surface area (TPSA) is 106 Å². The van der Waals surface area contributed by atoms with E-state index in [-0.39, 0.29) is 16.7 Å². The van der Waals surface area contributed by atoms with Crippen molar-refractivity contribution < 1.29 is 14.7 Å². The lowest BCUT2D eigenvalue weighted by Gasteiger charge is -1.97. The molecule has 0 aromatic rings.